The van der Waals surface area contributed by atoms with E-state index in [9.17, 15) is 20.4 Å². The van der Waals surface area contributed by atoms with Gasteiger partial charge in [-0.25, -0.2) is 0 Å². The summed E-state index contributed by atoms with van der Waals surface area (Å²) in [6.45, 7) is 2.19. The third kappa shape index (κ3) is 6.69. The Morgan fingerprint density at radius 2 is 1.58 bits per heavy atom. The van der Waals surface area contributed by atoms with Crippen molar-refractivity contribution >= 4 is 0 Å². The van der Waals surface area contributed by atoms with Crippen LogP contribution in [0.1, 0.15) is 66.1 Å². The molecule has 142 valence electrons. The van der Waals surface area contributed by atoms with Gasteiger partial charge in [-0.05, 0) is 18.9 Å². The molecule has 6 nitrogen and oxygen atoms in total. The number of hydrogen-bond acceptors (Lipinski definition) is 6. The Labute approximate surface area is 146 Å². The van der Waals surface area contributed by atoms with Crippen molar-refractivity contribution in [2.24, 2.45) is 0 Å². The molecule has 0 aliphatic carbocycles. The molecule has 1 heterocycles. The van der Waals surface area contributed by atoms with Crippen LogP contribution in [0.15, 0.2) is 11.8 Å². The SMILES string of the molecule is [2H]C(CCCCCCCCCC)=C(O)[C@H]1OC(OC)[C@H](O)[C@@H](O)[C@H]1O. The van der Waals surface area contributed by atoms with Crippen LogP contribution in [0.25, 0.3) is 0 Å². The number of rotatable bonds is 11. The molecule has 0 spiro atoms. The molecule has 1 saturated heterocycles. The zero-order valence-corrected chi connectivity index (χ0v) is 14.9. The Kier molecular flexibility index (Phi) is 9.68. The quantitative estimate of drug-likeness (QED) is 0.338. The number of ether oxygens (including phenoxy) is 2. The van der Waals surface area contributed by atoms with Crippen molar-refractivity contribution in [2.75, 3.05) is 7.11 Å². The van der Waals surface area contributed by atoms with Crippen LogP contribution in [0.3, 0.4) is 0 Å². The summed E-state index contributed by atoms with van der Waals surface area (Å²) in [4.78, 5) is 0. The van der Waals surface area contributed by atoms with Gasteiger partial charge >= 0.3 is 0 Å². The van der Waals surface area contributed by atoms with Crippen molar-refractivity contribution in [1.29, 1.82) is 0 Å². The van der Waals surface area contributed by atoms with Gasteiger partial charge in [-0.1, -0.05) is 51.9 Å². The van der Waals surface area contributed by atoms with Gasteiger partial charge in [-0.3, -0.25) is 0 Å². The highest BCUT2D eigenvalue weighted by Crippen LogP contribution is 2.25. The topological polar surface area (TPSA) is 99.4 Å². The lowest BCUT2D eigenvalue weighted by Gasteiger charge is -2.39. The van der Waals surface area contributed by atoms with Gasteiger partial charge in [-0.15, -0.1) is 0 Å². The number of aliphatic hydroxyl groups is 4. The van der Waals surface area contributed by atoms with Crippen LogP contribution >= 0.6 is 0 Å². The predicted molar refractivity (Wildman–Crippen MR) is 91.6 cm³/mol. The van der Waals surface area contributed by atoms with E-state index in [1.807, 2.05) is 0 Å². The third-order valence-electron chi connectivity index (χ3n) is 4.41. The maximum atomic E-state index is 10.2. The van der Waals surface area contributed by atoms with Crippen molar-refractivity contribution in [2.45, 2.75) is 95.4 Å². The Bertz CT molecular complexity index is 401. The predicted octanol–water partition coefficient (Wildman–Crippen LogP) is 2.41. The van der Waals surface area contributed by atoms with Crippen LogP contribution in [-0.2, 0) is 9.47 Å². The minimum Gasteiger partial charge on any atom is -0.510 e. The zero-order valence-electron chi connectivity index (χ0n) is 15.9. The summed E-state index contributed by atoms with van der Waals surface area (Å²) in [5, 5.41) is 39.7. The van der Waals surface area contributed by atoms with Crippen molar-refractivity contribution in [1.82, 2.24) is 0 Å². The van der Waals surface area contributed by atoms with Gasteiger partial charge in [0.25, 0.3) is 0 Å². The van der Waals surface area contributed by atoms with Crippen LogP contribution in [0, 0.1) is 0 Å². The van der Waals surface area contributed by atoms with Crippen molar-refractivity contribution < 1.29 is 31.3 Å². The van der Waals surface area contributed by atoms with Gasteiger partial charge < -0.3 is 29.9 Å². The lowest BCUT2D eigenvalue weighted by molar-refractivity contribution is -0.286. The fourth-order valence-electron chi connectivity index (χ4n) is 2.84. The highest BCUT2D eigenvalue weighted by atomic mass is 16.7. The first kappa shape index (κ1) is 19.7. The molecule has 5 atom stereocenters. The first-order valence-corrected chi connectivity index (χ1v) is 9.05. The summed E-state index contributed by atoms with van der Waals surface area (Å²) in [5.74, 6) is -0.413. The average Bonchev–Trinajstić information content (AvgIpc) is 2.61. The Morgan fingerprint density at radius 1 is 1.00 bits per heavy atom. The third-order valence-corrected chi connectivity index (χ3v) is 4.41. The molecule has 1 aliphatic rings. The first-order valence-electron chi connectivity index (χ1n) is 9.55. The highest BCUT2D eigenvalue weighted by Gasteiger charge is 2.45. The second-order valence-electron chi connectivity index (χ2n) is 6.42. The van der Waals surface area contributed by atoms with E-state index in [1.54, 1.807) is 0 Å². The number of unbranched alkanes of at least 4 members (excludes halogenated alkanes) is 7. The van der Waals surface area contributed by atoms with Gasteiger partial charge in [0.15, 0.2) is 6.29 Å². The van der Waals surface area contributed by atoms with E-state index in [1.165, 1.54) is 39.2 Å². The van der Waals surface area contributed by atoms with Crippen LogP contribution < -0.4 is 0 Å². The maximum absolute atomic E-state index is 10.2. The molecule has 0 aromatic rings. The van der Waals surface area contributed by atoms with Crippen molar-refractivity contribution in [3.05, 3.63) is 11.8 Å². The Hall–Kier alpha value is -0.660. The molecule has 4 N–H and O–H groups in total. The lowest BCUT2D eigenvalue weighted by Crippen LogP contribution is -2.58. The second-order valence-corrected chi connectivity index (χ2v) is 6.42. The largest absolute Gasteiger partial charge is 0.510 e. The zero-order chi connectivity index (χ0) is 18.8. The molecule has 0 saturated carbocycles. The maximum Gasteiger partial charge on any atom is 0.186 e. The van der Waals surface area contributed by atoms with E-state index in [0.717, 1.165) is 19.3 Å². The number of aliphatic hydroxyl groups excluding tert-OH is 4. The van der Waals surface area contributed by atoms with E-state index >= 15 is 0 Å². The summed E-state index contributed by atoms with van der Waals surface area (Å²) in [6.07, 6.45) is 2.58. The molecule has 6 heteroatoms. The van der Waals surface area contributed by atoms with Crippen molar-refractivity contribution in [3.63, 3.8) is 0 Å². The summed E-state index contributed by atoms with van der Waals surface area (Å²) < 4.78 is 18.2. The van der Waals surface area contributed by atoms with E-state index < -0.39 is 36.5 Å². The van der Waals surface area contributed by atoms with Gasteiger partial charge in [0.05, 0.1) is 1.37 Å². The van der Waals surface area contributed by atoms with Crippen LogP contribution in [0.4, 0.5) is 0 Å². The first-order chi connectivity index (χ1) is 11.9. The molecule has 1 aliphatic heterocycles. The molecular formula is C18H34O6. The minimum absolute atomic E-state index is 0.0199. The Balaban J connectivity index is 2.43. The molecule has 0 radical (unpaired) electrons. The summed E-state index contributed by atoms with van der Waals surface area (Å²) in [7, 11) is 1.29. The molecule has 1 fully saturated rings. The van der Waals surface area contributed by atoms with Crippen LogP contribution in [0.2, 0.25) is 0 Å². The molecule has 0 amide bonds. The monoisotopic (exact) mass is 347 g/mol. The molecule has 1 rings (SSSR count). The molecule has 0 bridgehead atoms. The van der Waals surface area contributed by atoms with E-state index in [4.69, 9.17) is 10.8 Å². The van der Waals surface area contributed by atoms with Gasteiger partial charge in [0.1, 0.15) is 30.2 Å². The molecule has 0 aromatic carbocycles. The molecular weight excluding hydrogens is 312 g/mol. The minimum atomic E-state index is -1.51. The summed E-state index contributed by atoms with van der Waals surface area (Å²) in [6, 6.07) is -0.0199. The average molecular weight is 347 g/mol. The molecule has 0 aromatic heterocycles. The summed E-state index contributed by atoms with van der Waals surface area (Å²) >= 11 is 0. The smallest absolute Gasteiger partial charge is 0.186 e. The summed E-state index contributed by atoms with van der Waals surface area (Å²) in [5.41, 5.74) is 0. The normalized spacial score (nSPS) is 32.4. The standard InChI is InChI=1S/C18H34O6/c1-3-4-5-6-7-8-9-10-11-12-13(19)17-15(21)14(20)16(22)18(23-2)24-17/h12,14-22H,3-11H2,1-2H3/t14-,15+,16+,17+,18?/m0/s1/i12D. The van der Waals surface area contributed by atoms with Gasteiger partial charge in [-0.2, -0.15) is 0 Å². The molecule has 1 unspecified atom stereocenters. The van der Waals surface area contributed by atoms with Gasteiger partial charge in [0.2, 0.25) is 0 Å². The van der Waals surface area contributed by atoms with Gasteiger partial charge in [0, 0.05) is 7.11 Å². The van der Waals surface area contributed by atoms with Crippen molar-refractivity contribution in [3.8, 4) is 0 Å². The second kappa shape index (κ2) is 11.8. The molecule has 24 heavy (non-hydrogen) atoms. The van der Waals surface area contributed by atoms with E-state index in [0.29, 0.717) is 6.42 Å². The number of allylic oxidation sites excluding steroid dienone is 1. The number of hydrogen-bond donors (Lipinski definition) is 4. The van der Waals surface area contributed by atoms with Crippen LogP contribution in [0.5, 0.6) is 0 Å². The fraction of sp³-hybridized carbons (Fsp3) is 0.889. The lowest BCUT2D eigenvalue weighted by atomic mass is 9.97. The Morgan fingerprint density at radius 3 is 2.17 bits per heavy atom. The number of methoxy groups -OCH3 is 1. The van der Waals surface area contributed by atoms with E-state index in [2.05, 4.69) is 6.92 Å². The fourth-order valence-corrected chi connectivity index (χ4v) is 2.84. The highest BCUT2D eigenvalue weighted by molar-refractivity contribution is 5.06. The van der Waals surface area contributed by atoms with E-state index in [-0.39, 0.29) is 6.05 Å². The van der Waals surface area contributed by atoms with Crippen LogP contribution in [-0.4, -0.2) is 58.2 Å².